The first-order chi connectivity index (χ1) is 9.13. The summed E-state index contributed by atoms with van der Waals surface area (Å²) in [6.07, 6.45) is 3.39. The largest absolute Gasteiger partial charge is 0.489 e. The van der Waals surface area contributed by atoms with Crippen LogP contribution in [0.2, 0.25) is 5.02 Å². The summed E-state index contributed by atoms with van der Waals surface area (Å²) in [5.41, 5.74) is 6.37. The minimum absolute atomic E-state index is 0.0545. The number of carbonyl (C=O) groups excluding carboxylic acids is 1. The number of anilines is 1. The van der Waals surface area contributed by atoms with Crippen LogP contribution in [0, 0.1) is 5.92 Å². The number of ether oxygens (including phenoxy) is 1. The SMILES string of the molecule is NC(=O)C1CCN(c2ccc(OC3CC3)c(Cl)c2)C1. The Labute approximate surface area is 117 Å². The molecule has 19 heavy (non-hydrogen) atoms. The van der Waals surface area contributed by atoms with Gasteiger partial charge in [0.15, 0.2) is 0 Å². The van der Waals surface area contributed by atoms with Crippen LogP contribution in [0.1, 0.15) is 19.3 Å². The van der Waals surface area contributed by atoms with Gasteiger partial charge in [-0.15, -0.1) is 0 Å². The molecule has 1 atom stereocenters. The Morgan fingerprint density at radius 3 is 2.74 bits per heavy atom. The molecule has 0 radical (unpaired) electrons. The second-order valence-corrected chi connectivity index (χ2v) is 5.67. The van der Waals surface area contributed by atoms with E-state index in [1.807, 2.05) is 18.2 Å². The number of benzene rings is 1. The zero-order valence-corrected chi connectivity index (χ0v) is 11.4. The van der Waals surface area contributed by atoms with Crippen molar-refractivity contribution in [3.05, 3.63) is 23.2 Å². The zero-order valence-electron chi connectivity index (χ0n) is 10.6. The second kappa shape index (κ2) is 4.93. The van der Waals surface area contributed by atoms with Gasteiger partial charge < -0.3 is 15.4 Å². The lowest BCUT2D eigenvalue weighted by Gasteiger charge is -2.19. The predicted molar refractivity (Wildman–Crippen MR) is 74.6 cm³/mol. The quantitative estimate of drug-likeness (QED) is 0.920. The number of nitrogens with two attached hydrogens (primary N) is 1. The van der Waals surface area contributed by atoms with Crippen LogP contribution in [0.4, 0.5) is 5.69 Å². The van der Waals surface area contributed by atoms with Crippen LogP contribution in [0.25, 0.3) is 0 Å². The maximum Gasteiger partial charge on any atom is 0.222 e. The van der Waals surface area contributed by atoms with Crippen molar-refractivity contribution in [2.45, 2.75) is 25.4 Å². The molecule has 1 saturated heterocycles. The summed E-state index contributed by atoms with van der Waals surface area (Å²) >= 11 is 6.24. The molecule has 1 aromatic carbocycles. The lowest BCUT2D eigenvalue weighted by Crippen LogP contribution is -2.27. The normalized spacial score (nSPS) is 22.6. The van der Waals surface area contributed by atoms with Crippen molar-refractivity contribution < 1.29 is 9.53 Å². The fourth-order valence-electron chi connectivity index (χ4n) is 2.37. The Morgan fingerprint density at radius 1 is 1.37 bits per heavy atom. The van der Waals surface area contributed by atoms with E-state index < -0.39 is 0 Å². The molecule has 102 valence electrons. The van der Waals surface area contributed by atoms with Crippen LogP contribution in [0.3, 0.4) is 0 Å². The Morgan fingerprint density at radius 2 is 2.16 bits per heavy atom. The number of halogens is 1. The summed E-state index contributed by atoms with van der Waals surface area (Å²) < 4.78 is 5.71. The number of hydrogen-bond donors (Lipinski definition) is 1. The number of nitrogens with zero attached hydrogens (tertiary/aromatic N) is 1. The van der Waals surface area contributed by atoms with Gasteiger partial charge in [0.1, 0.15) is 5.75 Å². The molecule has 1 amide bonds. The molecule has 0 aromatic heterocycles. The highest BCUT2D eigenvalue weighted by atomic mass is 35.5. The molecule has 2 N–H and O–H groups in total. The van der Waals surface area contributed by atoms with Crippen LogP contribution in [-0.4, -0.2) is 25.1 Å². The lowest BCUT2D eigenvalue weighted by molar-refractivity contribution is -0.121. The van der Waals surface area contributed by atoms with Gasteiger partial charge in [0.05, 0.1) is 17.0 Å². The third kappa shape index (κ3) is 2.78. The van der Waals surface area contributed by atoms with E-state index in [2.05, 4.69) is 4.90 Å². The van der Waals surface area contributed by atoms with E-state index in [0.29, 0.717) is 17.7 Å². The van der Waals surface area contributed by atoms with Crippen molar-refractivity contribution in [1.82, 2.24) is 0 Å². The van der Waals surface area contributed by atoms with Gasteiger partial charge in [-0.05, 0) is 37.5 Å². The summed E-state index contributed by atoms with van der Waals surface area (Å²) in [6, 6.07) is 5.81. The predicted octanol–water partition coefficient (Wildman–Crippen LogP) is 2.19. The maximum atomic E-state index is 11.2. The average molecular weight is 281 g/mol. The van der Waals surface area contributed by atoms with E-state index in [0.717, 1.165) is 37.2 Å². The molecule has 0 spiro atoms. The molecular weight excluding hydrogens is 264 g/mol. The van der Waals surface area contributed by atoms with Gasteiger partial charge in [-0.25, -0.2) is 0 Å². The van der Waals surface area contributed by atoms with Gasteiger partial charge in [-0.1, -0.05) is 11.6 Å². The third-order valence-corrected chi connectivity index (χ3v) is 3.98. The average Bonchev–Trinajstić information content (AvgIpc) is 3.05. The molecule has 1 aliphatic heterocycles. The highest BCUT2D eigenvalue weighted by Crippen LogP contribution is 2.35. The van der Waals surface area contributed by atoms with E-state index in [9.17, 15) is 4.79 Å². The molecule has 2 fully saturated rings. The second-order valence-electron chi connectivity index (χ2n) is 5.27. The molecule has 5 heteroatoms. The first-order valence-corrected chi connectivity index (χ1v) is 7.02. The molecule has 3 rings (SSSR count). The molecule has 2 aliphatic rings. The summed E-state index contributed by atoms with van der Waals surface area (Å²) in [5.74, 6) is 0.474. The van der Waals surface area contributed by atoms with Gasteiger partial charge in [0, 0.05) is 18.8 Å². The number of rotatable bonds is 4. The number of amides is 1. The van der Waals surface area contributed by atoms with Crippen LogP contribution in [-0.2, 0) is 4.79 Å². The summed E-state index contributed by atoms with van der Waals surface area (Å²) in [5, 5.41) is 0.631. The van der Waals surface area contributed by atoms with Gasteiger partial charge in [-0.2, -0.15) is 0 Å². The van der Waals surface area contributed by atoms with Crippen molar-refractivity contribution >= 4 is 23.2 Å². The summed E-state index contributed by atoms with van der Waals surface area (Å²) in [6.45, 7) is 1.52. The summed E-state index contributed by atoms with van der Waals surface area (Å²) in [7, 11) is 0. The first-order valence-electron chi connectivity index (χ1n) is 6.64. The van der Waals surface area contributed by atoms with Crippen LogP contribution >= 0.6 is 11.6 Å². The number of hydrogen-bond acceptors (Lipinski definition) is 3. The molecule has 0 bridgehead atoms. The lowest BCUT2D eigenvalue weighted by atomic mass is 10.1. The fourth-order valence-corrected chi connectivity index (χ4v) is 2.59. The van der Waals surface area contributed by atoms with E-state index in [-0.39, 0.29) is 11.8 Å². The monoisotopic (exact) mass is 280 g/mol. The van der Waals surface area contributed by atoms with E-state index >= 15 is 0 Å². The molecule has 1 unspecified atom stereocenters. The van der Waals surface area contributed by atoms with Crippen LogP contribution < -0.4 is 15.4 Å². The minimum atomic E-state index is -0.220. The van der Waals surface area contributed by atoms with Crippen molar-refractivity contribution in [3.8, 4) is 5.75 Å². The molecular formula is C14H17ClN2O2. The van der Waals surface area contributed by atoms with Crippen LogP contribution in [0.15, 0.2) is 18.2 Å². The van der Waals surface area contributed by atoms with Crippen molar-refractivity contribution in [2.75, 3.05) is 18.0 Å². The molecule has 1 aromatic rings. The molecule has 1 heterocycles. The zero-order chi connectivity index (χ0) is 13.4. The van der Waals surface area contributed by atoms with E-state index in [4.69, 9.17) is 22.1 Å². The van der Waals surface area contributed by atoms with E-state index in [1.165, 1.54) is 0 Å². The van der Waals surface area contributed by atoms with Gasteiger partial charge in [0.25, 0.3) is 0 Å². The molecule has 4 nitrogen and oxygen atoms in total. The topological polar surface area (TPSA) is 55.6 Å². The number of primary amides is 1. The highest BCUT2D eigenvalue weighted by Gasteiger charge is 2.28. The minimum Gasteiger partial charge on any atom is -0.489 e. The number of carbonyl (C=O) groups is 1. The third-order valence-electron chi connectivity index (χ3n) is 3.69. The van der Waals surface area contributed by atoms with Gasteiger partial charge >= 0.3 is 0 Å². The standard InChI is InChI=1S/C14H17ClN2O2/c15-12-7-10(1-4-13(12)19-11-2-3-11)17-6-5-9(8-17)14(16)18/h1,4,7,9,11H,2-3,5-6,8H2,(H2,16,18). The Bertz CT molecular complexity index is 502. The maximum absolute atomic E-state index is 11.2. The van der Waals surface area contributed by atoms with Crippen LogP contribution in [0.5, 0.6) is 5.75 Å². The van der Waals surface area contributed by atoms with E-state index in [1.54, 1.807) is 0 Å². The molecule has 1 saturated carbocycles. The molecule has 1 aliphatic carbocycles. The first kappa shape index (κ1) is 12.6. The van der Waals surface area contributed by atoms with Crippen molar-refractivity contribution in [1.29, 1.82) is 0 Å². The summed E-state index contributed by atoms with van der Waals surface area (Å²) in [4.78, 5) is 13.3. The fraction of sp³-hybridized carbons (Fsp3) is 0.500. The van der Waals surface area contributed by atoms with Gasteiger partial charge in [-0.3, -0.25) is 4.79 Å². The smallest absolute Gasteiger partial charge is 0.222 e. The Balaban J connectivity index is 1.71. The Hall–Kier alpha value is -1.42. The highest BCUT2D eigenvalue weighted by molar-refractivity contribution is 6.32. The Kier molecular flexibility index (Phi) is 3.27. The van der Waals surface area contributed by atoms with Crippen molar-refractivity contribution in [3.63, 3.8) is 0 Å². The van der Waals surface area contributed by atoms with Gasteiger partial charge in [0.2, 0.25) is 5.91 Å². The van der Waals surface area contributed by atoms with Crippen molar-refractivity contribution in [2.24, 2.45) is 11.7 Å².